The molecule has 0 unspecified atom stereocenters. The number of esters is 1. The Bertz CT molecular complexity index is 992. The maximum absolute atomic E-state index is 12.3. The lowest BCUT2D eigenvalue weighted by Gasteiger charge is -2.68. The second-order valence-electron chi connectivity index (χ2n) is 14.0. The van der Waals surface area contributed by atoms with Crippen LogP contribution in [0.3, 0.4) is 0 Å². The molecule has 4 fully saturated rings. The standard InChI is InChI=1S/C31H46O4/c1-18-8-10-23(34-26(18)32)19(2)20-12-15-30(6)21-9-11-24-28(3,4)25-14-17-31(24,27(33-7)35-25)22(21)13-16-29(20,30)5/h8,19-20,23-25,27H,9-17H2,1-7H3/t19-,20+,23-,24-,25-,27-,29+,30-,31-/m0/s1. The van der Waals surface area contributed by atoms with Crippen LogP contribution in [0, 0.1) is 39.4 Å². The lowest BCUT2D eigenvalue weighted by atomic mass is 9.41. The fourth-order valence-electron chi connectivity index (χ4n) is 10.6. The summed E-state index contributed by atoms with van der Waals surface area (Å²) in [5.41, 5.74) is 4.95. The Kier molecular flexibility index (Phi) is 5.32. The third kappa shape index (κ3) is 2.90. The molecule has 4 aliphatic carbocycles. The van der Waals surface area contributed by atoms with Crippen molar-refractivity contribution >= 4 is 5.97 Å². The molecule has 1 spiro atoms. The molecule has 3 aliphatic heterocycles. The molecule has 35 heavy (non-hydrogen) atoms. The molecular weight excluding hydrogens is 436 g/mol. The van der Waals surface area contributed by atoms with Crippen molar-refractivity contribution in [3.63, 3.8) is 0 Å². The zero-order valence-corrected chi connectivity index (χ0v) is 23.0. The van der Waals surface area contributed by atoms with Crippen LogP contribution in [0.15, 0.2) is 22.8 Å². The highest BCUT2D eigenvalue weighted by molar-refractivity contribution is 5.88. The summed E-state index contributed by atoms with van der Waals surface area (Å²) in [5.74, 6) is 1.48. The second kappa shape index (κ2) is 7.69. The van der Waals surface area contributed by atoms with Gasteiger partial charge in [0.25, 0.3) is 0 Å². The molecule has 7 aliphatic rings. The molecule has 0 aromatic carbocycles. The van der Waals surface area contributed by atoms with E-state index in [0.717, 1.165) is 18.4 Å². The maximum Gasteiger partial charge on any atom is 0.333 e. The summed E-state index contributed by atoms with van der Waals surface area (Å²) in [5, 5.41) is 0. The number of hydrogen-bond acceptors (Lipinski definition) is 4. The average molecular weight is 483 g/mol. The highest BCUT2D eigenvalue weighted by atomic mass is 16.7. The van der Waals surface area contributed by atoms with E-state index in [1.807, 2.05) is 14.0 Å². The van der Waals surface area contributed by atoms with Gasteiger partial charge in [-0.15, -0.1) is 0 Å². The topological polar surface area (TPSA) is 44.8 Å². The van der Waals surface area contributed by atoms with E-state index in [9.17, 15) is 4.79 Å². The SMILES string of the molecule is CO[C@H]1O[C@H]2CC[C@@]13C1=C(CC[C@H]3C2(C)C)[C@]2(C)CC[C@H]([C@H](C)[C@@H]3CC=C(C)C(=O)O3)[C@@]2(C)CC1. The molecule has 4 heteroatoms. The van der Waals surface area contributed by atoms with Gasteiger partial charge in [0, 0.05) is 24.5 Å². The summed E-state index contributed by atoms with van der Waals surface area (Å²) in [4.78, 5) is 12.3. The van der Waals surface area contributed by atoms with Gasteiger partial charge >= 0.3 is 5.97 Å². The Morgan fingerprint density at radius 1 is 1.03 bits per heavy atom. The van der Waals surface area contributed by atoms with Crippen LogP contribution in [0.25, 0.3) is 0 Å². The van der Waals surface area contributed by atoms with Crippen molar-refractivity contribution in [2.24, 2.45) is 39.4 Å². The Labute approximate surface area is 212 Å². The molecule has 0 radical (unpaired) electrons. The summed E-state index contributed by atoms with van der Waals surface area (Å²) in [6.07, 6.45) is 13.0. The van der Waals surface area contributed by atoms with Gasteiger partial charge < -0.3 is 14.2 Å². The van der Waals surface area contributed by atoms with Crippen molar-refractivity contribution < 1.29 is 19.0 Å². The molecule has 0 aromatic heterocycles. The molecule has 0 amide bonds. The minimum atomic E-state index is -0.119. The van der Waals surface area contributed by atoms with E-state index in [1.54, 1.807) is 11.1 Å². The molecule has 0 N–H and O–H groups in total. The van der Waals surface area contributed by atoms with Crippen molar-refractivity contribution in [3.05, 3.63) is 22.8 Å². The normalized spacial score (nSPS) is 49.1. The molecule has 9 atom stereocenters. The van der Waals surface area contributed by atoms with Gasteiger partial charge in [0.05, 0.1) is 6.10 Å². The molecule has 4 nitrogen and oxygen atoms in total. The number of carbonyl (C=O) groups is 1. The second-order valence-corrected chi connectivity index (χ2v) is 14.0. The molecule has 3 heterocycles. The van der Waals surface area contributed by atoms with Gasteiger partial charge in [-0.2, -0.15) is 0 Å². The molecule has 2 saturated heterocycles. The van der Waals surface area contributed by atoms with Crippen LogP contribution >= 0.6 is 0 Å². The van der Waals surface area contributed by atoms with E-state index >= 15 is 0 Å². The minimum Gasteiger partial charge on any atom is -0.458 e. The number of hydrogen-bond donors (Lipinski definition) is 0. The van der Waals surface area contributed by atoms with Gasteiger partial charge in [-0.1, -0.05) is 51.8 Å². The highest BCUT2D eigenvalue weighted by Gasteiger charge is 2.69. The summed E-state index contributed by atoms with van der Waals surface area (Å²) in [7, 11) is 1.86. The zero-order valence-electron chi connectivity index (χ0n) is 23.0. The summed E-state index contributed by atoms with van der Waals surface area (Å²) in [6, 6.07) is 0. The smallest absolute Gasteiger partial charge is 0.333 e. The van der Waals surface area contributed by atoms with Crippen LogP contribution in [0.5, 0.6) is 0 Å². The predicted octanol–water partition coefficient (Wildman–Crippen LogP) is 6.99. The molecule has 2 saturated carbocycles. The van der Waals surface area contributed by atoms with Crippen molar-refractivity contribution in [1.82, 2.24) is 0 Å². The Hall–Kier alpha value is -1.13. The van der Waals surface area contributed by atoms with E-state index in [0.29, 0.717) is 23.9 Å². The highest BCUT2D eigenvalue weighted by Crippen LogP contribution is 2.74. The van der Waals surface area contributed by atoms with Crippen molar-refractivity contribution in [2.75, 3.05) is 7.11 Å². The van der Waals surface area contributed by atoms with E-state index in [2.05, 4.69) is 40.7 Å². The molecular formula is C31H46O4. The first-order valence-corrected chi connectivity index (χ1v) is 14.3. The number of cyclic esters (lactones) is 1. The average Bonchev–Trinajstić information content (AvgIpc) is 3.11. The first kappa shape index (κ1) is 24.2. The summed E-state index contributed by atoms with van der Waals surface area (Å²) in [6.45, 7) is 14.3. The predicted molar refractivity (Wildman–Crippen MR) is 136 cm³/mol. The van der Waals surface area contributed by atoms with Crippen molar-refractivity contribution in [1.29, 1.82) is 0 Å². The third-order valence-corrected chi connectivity index (χ3v) is 12.8. The number of ether oxygens (including phenoxy) is 3. The Morgan fingerprint density at radius 3 is 2.51 bits per heavy atom. The largest absolute Gasteiger partial charge is 0.458 e. The zero-order chi connectivity index (χ0) is 25.0. The number of rotatable bonds is 3. The van der Waals surface area contributed by atoms with Gasteiger partial charge in [-0.3, -0.25) is 0 Å². The number of carbonyl (C=O) groups excluding carboxylic acids is 1. The maximum atomic E-state index is 12.3. The lowest BCUT2D eigenvalue weighted by Crippen LogP contribution is -2.66. The van der Waals surface area contributed by atoms with Crippen LogP contribution in [-0.2, 0) is 19.0 Å². The van der Waals surface area contributed by atoms with Crippen LogP contribution in [0.1, 0.15) is 99.3 Å². The summed E-state index contributed by atoms with van der Waals surface area (Å²) < 4.78 is 18.8. The van der Waals surface area contributed by atoms with Gasteiger partial charge in [-0.05, 0) is 92.3 Å². The van der Waals surface area contributed by atoms with E-state index < -0.39 is 0 Å². The van der Waals surface area contributed by atoms with E-state index in [-0.39, 0.29) is 40.0 Å². The fraction of sp³-hybridized carbons (Fsp3) is 0.839. The van der Waals surface area contributed by atoms with Crippen molar-refractivity contribution in [2.45, 2.75) is 118 Å². The van der Waals surface area contributed by atoms with Crippen molar-refractivity contribution in [3.8, 4) is 0 Å². The fourth-order valence-corrected chi connectivity index (χ4v) is 10.6. The van der Waals surface area contributed by atoms with Crippen LogP contribution in [-0.4, -0.2) is 31.6 Å². The Balaban J connectivity index is 1.38. The van der Waals surface area contributed by atoms with Gasteiger partial charge in [-0.25, -0.2) is 4.79 Å². The molecule has 7 rings (SSSR count). The van der Waals surface area contributed by atoms with Crippen LogP contribution in [0.4, 0.5) is 0 Å². The van der Waals surface area contributed by atoms with E-state index in [1.165, 1.54) is 44.9 Å². The van der Waals surface area contributed by atoms with Gasteiger partial charge in [0.1, 0.15) is 6.10 Å². The first-order valence-electron chi connectivity index (χ1n) is 14.3. The van der Waals surface area contributed by atoms with Gasteiger partial charge in [0.15, 0.2) is 6.29 Å². The van der Waals surface area contributed by atoms with Crippen LogP contribution < -0.4 is 0 Å². The molecule has 194 valence electrons. The lowest BCUT2D eigenvalue weighted by molar-refractivity contribution is -0.330. The number of fused-ring (bicyclic) bond motifs is 4. The monoisotopic (exact) mass is 482 g/mol. The number of allylic oxidation sites excluding steroid dienone is 1. The van der Waals surface area contributed by atoms with E-state index in [4.69, 9.17) is 14.2 Å². The molecule has 2 bridgehead atoms. The van der Waals surface area contributed by atoms with Crippen LogP contribution in [0.2, 0.25) is 0 Å². The minimum absolute atomic E-state index is 0.0146. The number of methoxy groups -OCH3 is 1. The Morgan fingerprint density at radius 2 is 1.80 bits per heavy atom. The molecule has 0 aromatic rings. The van der Waals surface area contributed by atoms with Gasteiger partial charge in [0.2, 0.25) is 0 Å². The third-order valence-electron chi connectivity index (χ3n) is 12.8. The first-order chi connectivity index (χ1) is 16.5. The quantitative estimate of drug-likeness (QED) is 0.321. The summed E-state index contributed by atoms with van der Waals surface area (Å²) >= 11 is 0.